The Morgan fingerprint density at radius 3 is 2.58 bits per heavy atom. The Balaban J connectivity index is 2.08. The Kier molecular flexibility index (Phi) is 5.09. The highest BCUT2D eigenvalue weighted by Gasteiger charge is 2.30. The molecule has 0 saturated heterocycles. The van der Waals surface area contributed by atoms with Crippen LogP contribution in [-0.2, 0) is 11.0 Å². The number of alkyl halides is 3. The third kappa shape index (κ3) is 4.26. The first kappa shape index (κ1) is 17.3. The number of ether oxygens (including phenoxy) is 1. The molecule has 0 radical (unpaired) electrons. The number of amides is 1. The second-order valence-electron chi connectivity index (χ2n) is 4.94. The number of para-hydroxylation sites is 1. The molecular formula is C17H13F3N2O2. The molecule has 4 nitrogen and oxygen atoms in total. The Morgan fingerprint density at radius 1 is 1.21 bits per heavy atom. The first-order valence-electron chi connectivity index (χ1n) is 6.95. The van der Waals surface area contributed by atoms with Crippen LogP contribution in [0.4, 0.5) is 18.9 Å². The predicted octanol–water partition coefficient (Wildman–Crippen LogP) is 3.98. The lowest BCUT2D eigenvalue weighted by atomic mass is 10.2. The first-order valence-corrected chi connectivity index (χ1v) is 6.95. The number of rotatable bonds is 4. The number of nitrogens with one attached hydrogen (secondary N) is 1. The molecule has 2 rings (SSSR count). The number of carbonyl (C=O) groups is 1. The van der Waals surface area contributed by atoms with Gasteiger partial charge in [-0.05, 0) is 37.3 Å². The summed E-state index contributed by atoms with van der Waals surface area (Å²) < 4.78 is 43.4. The van der Waals surface area contributed by atoms with Crippen molar-refractivity contribution in [2.24, 2.45) is 0 Å². The first-order chi connectivity index (χ1) is 11.3. The Labute approximate surface area is 136 Å². The normalized spacial score (nSPS) is 12.1. The molecule has 0 heterocycles. The molecule has 0 fully saturated rings. The number of hydrogen-bond acceptors (Lipinski definition) is 3. The van der Waals surface area contributed by atoms with Crippen molar-refractivity contribution in [2.75, 3.05) is 5.32 Å². The topological polar surface area (TPSA) is 62.1 Å². The second kappa shape index (κ2) is 7.04. The third-order valence-corrected chi connectivity index (χ3v) is 3.14. The average molecular weight is 334 g/mol. The monoisotopic (exact) mass is 334 g/mol. The molecule has 1 N–H and O–H groups in total. The van der Waals surface area contributed by atoms with Gasteiger partial charge in [-0.2, -0.15) is 18.4 Å². The zero-order valence-electron chi connectivity index (χ0n) is 12.6. The molecule has 0 aliphatic rings. The molecule has 0 saturated carbocycles. The fraction of sp³-hybridized carbons (Fsp3) is 0.176. The van der Waals surface area contributed by atoms with Gasteiger partial charge in [0.15, 0.2) is 6.10 Å². The van der Waals surface area contributed by atoms with Crippen LogP contribution in [0.1, 0.15) is 18.1 Å². The summed E-state index contributed by atoms with van der Waals surface area (Å²) in [6.45, 7) is 1.44. The van der Waals surface area contributed by atoms with Gasteiger partial charge < -0.3 is 10.1 Å². The van der Waals surface area contributed by atoms with Crippen molar-refractivity contribution >= 4 is 11.6 Å². The fourth-order valence-electron chi connectivity index (χ4n) is 1.92. The summed E-state index contributed by atoms with van der Waals surface area (Å²) in [7, 11) is 0. The van der Waals surface area contributed by atoms with Gasteiger partial charge in [-0.15, -0.1) is 0 Å². The van der Waals surface area contributed by atoms with Crippen molar-refractivity contribution in [1.29, 1.82) is 5.26 Å². The molecule has 2 aromatic rings. The number of halogens is 3. The predicted molar refractivity (Wildman–Crippen MR) is 81.3 cm³/mol. The minimum absolute atomic E-state index is 0.0128. The molecule has 0 aliphatic heterocycles. The standard InChI is InChI=1S/C17H13F3N2O2/c1-11(24-15-8-3-2-5-12(15)10-21)16(23)22-14-7-4-6-13(9-14)17(18,19)20/h2-9,11H,1H3,(H,22,23)/t11-/m0/s1. The van der Waals surface area contributed by atoms with Gasteiger partial charge >= 0.3 is 6.18 Å². The molecule has 0 unspecified atom stereocenters. The van der Waals surface area contributed by atoms with E-state index in [0.29, 0.717) is 0 Å². The van der Waals surface area contributed by atoms with Crippen molar-refractivity contribution in [3.8, 4) is 11.8 Å². The Hall–Kier alpha value is -3.01. The van der Waals surface area contributed by atoms with E-state index in [4.69, 9.17) is 10.00 Å². The molecule has 0 spiro atoms. The van der Waals surface area contributed by atoms with Gasteiger partial charge in [0.2, 0.25) is 0 Å². The van der Waals surface area contributed by atoms with Crippen LogP contribution in [-0.4, -0.2) is 12.0 Å². The zero-order valence-corrected chi connectivity index (χ0v) is 12.6. The quantitative estimate of drug-likeness (QED) is 0.920. The van der Waals surface area contributed by atoms with Crippen LogP contribution in [0.15, 0.2) is 48.5 Å². The fourth-order valence-corrected chi connectivity index (χ4v) is 1.92. The summed E-state index contributed by atoms with van der Waals surface area (Å²) in [6, 6.07) is 12.6. The molecule has 1 amide bonds. The number of anilines is 1. The van der Waals surface area contributed by atoms with E-state index in [1.165, 1.54) is 31.2 Å². The zero-order chi connectivity index (χ0) is 17.7. The lowest BCUT2D eigenvalue weighted by Gasteiger charge is -2.16. The highest BCUT2D eigenvalue weighted by molar-refractivity contribution is 5.94. The van der Waals surface area contributed by atoms with Crippen LogP contribution in [0.5, 0.6) is 5.75 Å². The summed E-state index contributed by atoms with van der Waals surface area (Å²) in [5, 5.41) is 11.3. The van der Waals surface area contributed by atoms with Crippen LogP contribution in [0, 0.1) is 11.3 Å². The smallest absolute Gasteiger partial charge is 0.416 e. The van der Waals surface area contributed by atoms with Gasteiger partial charge in [0, 0.05) is 5.69 Å². The van der Waals surface area contributed by atoms with Gasteiger partial charge in [-0.25, -0.2) is 0 Å². The van der Waals surface area contributed by atoms with Gasteiger partial charge in [-0.1, -0.05) is 18.2 Å². The SMILES string of the molecule is C[C@H](Oc1ccccc1C#N)C(=O)Nc1cccc(C(F)(F)F)c1. The van der Waals surface area contributed by atoms with Crippen molar-refractivity contribution in [3.05, 3.63) is 59.7 Å². The minimum Gasteiger partial charge on any atom is -0.480 e. The maximum atomic E-state index is 12.7. The molecule has 0 aliphatic carbocycles. The summed E-state index contributed by atoms with van der Waals surface area (Å²) in [5.41, 5.74) is -0.584. The van der Waals surface area contributed by atoms with E-state index in [0.717, 1.165) is 12.1 Å². The lowest BCUT2D eigenvalue weighted by molar-refractivity contribution is -0.137. The van der Waals surface area contributed by atoms with Crippen molar-refractivity contribution in [2.45, 2.75) is 19.2 Å². The van der Waals surface area contributed by atoms with Crippen LogP contribution in [0.2, 0.25) is 0 Å². The third-order valence-electron chi connectivity index (χ3n) is 3.14. The van der Waals surface area contributed by atoms with E-state index in [1.54, 1.807) is 12.1 Å². The largest absolute Gasteiger partial charge is 0.480 e. The van der Waals surface area contributed by atoms with Gasteiger partial charge in [0.1, 0.15) is 11.8 Å². The van der Waals surface area contributed by atoms with E-state index in [9.17, 15) is 18.0 Å². The highest BCUT2D eigenvalue weighted by atomic mass is 19.4. The number of nitrogens with zero attached hydrogens (tertiary/aromatic N) is 1. The van der Waals surface area contributed by atoms with Gasteiger partial charge in [0.05, 0.1) is 11.1 Å². The minimum atomic E-state index is -4.49. The molecule has 124 valence electrons. The Bertz CT molecular complexity index is 782. The molecule has 24 heavy (non-hydrogen) atoms. The van der Waals surface area contributed by atoms with E-state index in [-0.39, 0.29) is 17.0 Å². The van der Waals surface area contributed by atoms with Crippen molar-refractivity contribution in [1.82, 2.24) is 0 Å². The van der Waals surface area contributed by atoms with Crippen LogP contribution in [0.3, 0.4) is 0 Å². The molecule has 7 heteroatoms. The molecule has 2 aromatic carbocycles. The summed E-state index contributed by atoms with van der Waals surface area (Å²) >= 11 is 0. The van der Waals surface area contributed by atoms with Crippen LogP contribution < -0.4 is 10.1 Å². The molecule has 0 aromatic heterocycles. The number of hydrogen-bond donors (Lipinski definition) is 1. The summed E-state index contributed by atoms with van der Waals surface area (Å²) in [6.07, 6.45) is -5.48. The Morgan fingerprint density at radius 2 is 1.92 bits per heavy atom. The maximum absolute atomic E-state index is 12.7. The average Bonchev–Trinajstić information content (AvgIpc) is 2.54. The number of nitriles is 1. The van der Waals surface area contributed by atoms with Gasteiger partial charge in [-0.3, -0.25) is 4.79 Å². The molecule has 1 atom stereocenters. The van der Waals surface area contributed by atoms with E-state index < -0.39 is 23.8 Å². The van der Waals surface area contributed by atoms with E-state index in [1.807, 2.05) is 6.07 Å². The van der Waals surface area contributed by atoms with Crippen molar-refractivity contribution in [3.63, 3.8) is 0 Å². The summed E-state index contributed by atoms with van der Waals surface area (Å²) in [5.74, 6) is -0.395. The lowest BCUT2D eigenvalue weighted by Crippen LogP contribution is -2.30. The number of benzene rings is 2. The maximum Gasteiger partial charge on any atom is 0.416 e. The summed E-state index contributed by atoms with van der Waals surface area (Å²) in [4.78, 5) is 12.1. The van der Waals surface area contributed by atoms with Crippen molar-refractivity contribution < 1.29 is 22.7 Å². The highest BCUT2D eigenvalue weighted by Crippen LogP contribution is 2.30. The molecular weight excluding hydrogens is 321 g/mol. The van der Waals surface area contributed by atoms with E-state index in [2.05, 4.69) is 5.32 Å². The second-order valence-corrected chi connectivity index (χ2v) is 4.94. The van der Waals surface area contributed by atoms with Gasteiger partial charge in [0.25, 0.3) is 5.91 Å². The van der Waals surface area contributed by atoms with Crippen LogP contribution in [0.25, 0.3) is 0 Å². The molecule has 0 bridgehead atoms. The number of carbonyl (C=O) groups excluding carboxylic acids is 1. The van der Waals surface area contributed by atoms with E-state index >= 15 is 0 Å². The van der Waals surface area contributed by atoms with Crippen LogP contribution >= 0.6 is 0 Å².